The molecule has 0 amide bonds. The second-order valence-corrected chi connectivity index (χ2v) is 6.18. The number of ether oxygens (including phenoxy) is 1. The van der Waals surface area contributed by atoms with Crippen molar-refractivity contribution in [3.63, 3.8) is 0 Å². The quantitative estimate of drug-likeness (QED) is 0.854. The normalized spacial score (nSPS) is 12.0. The second kappa shape index (κ2) is 6.66. The number of aromatic nitrogens is 2. The van der Waals surface area contributed by atoms with Crippen LogP contribution in [0.1, 0.15) is 58.5 Å². The third-order valence-corrected chi connectivity index (χ3v) is 3.80. The third-order valence-electron chi connectivity index (χ3n) is 3.01. The Hall–Kier alpha value is -0.680. The molecule has 0 unspecified atom stereocenters. The Balaban J connectivity index is 3.30. The predicted octanol–water partition coefficient (Wildman–Crippen LogP) is 4.07. The largest absolute Gasteiger partial charge is 0.371 e. The van der Waals surface area contributed by atoms with E-state index in [0.29, 0.717) is 11.7 Å². The van der Waals surface area contributed by atoms with Crippen LogP contribution in [0.2, 0.25) is 0 Å². The van der Waals surface area contributed by atoms with Crippen LogP contribution in [0.25, 0.3) is 0 Å². The van der Waals surface area contributed by atoms with Crippen LogP contribution in [0.4, 0.5) is 5.82 Å². The fourth-order valence-corrected chi connectivity index (χ4v) is 2.34. The summed E-state index contributed by atoms with van der Waals surface area (Å²) in [5.41, 5.74) is 0.515. The van der Waals surface area contributed by atoms with E-state index in [4.69, 9.17) is 4.74 Å². The number of halogens is 1. The van der Waals surface area contributed by atoms with E-state index < -0.39 is 5.60 Å². The maximum absolute atomic E-state index is 5.49. The first-order chi connectivity index (χ1) is 8.83. The van der Waals surface area contributed by atoms with Crippen molar-refractivity contribution in [3.8, 4) is 0 Å². The summed E-state index contributed by atoms with van der Waals surface area (Å²) in [6, 6.07) is 0. The average molecular weight is 330 g/mol. The van der Waals surface area contributed by atoms with Gasteiger partial charge >= 0.3 is 0 Å². The van der Waals surface area contributed by atoms with E-state index in [1.165, 1.54) is 0 Å². The second-order valence-electron chi connectivity index (χ2n) is 5.39. The van der Waals surface area contributed by atoms with Crippen LogP contribution in [0.15, 0.2) is 4.47 Å². The average Bonchev–Trinajstić information content (AvgIpc) is 2.36. The molecule has 0 bridgehead atoms. The molecule has 4 nitrogen and oxygen atoms in total. The Kier molecular flexibility index (Phi) is 5.74. The van der Waals surface area contributed by atoms with Gasteiger partial charge in [0.25, 0.3) is 0 Å². The number of rotatable bonds is 6. The van der Waals surface area contributed by atoms with Crippen molar-refractivity contribution in [2.75, 3.05) is 19.0 Å². The third kappa shape index (κ3) is 3.89. The maximum Gasteiger partial charge on any atom is 0.162 e. The monoisotopic (exact) mass is 329 g/mol. The zero-order chi connectivity index (χ0) is 14.6. The Bertz CT molecular complexity index is 433. The van der Waals surface area contributed by atoms with Gasteiger partial charge < -0.3 is 10.1 Å². The molecule has 0 aliphatic heterocycles. The first-order valence-corrected chi connectivity index (χ1v) is 7.49. The molecule has 0 aliphatic rings. The van der Waals surface area contributed by atoms with Crippen molar-refractivity contribution in [2.24, 2.45) is 0 Å². The lowest BCUT2D eigenvalue weighted by atomic mass is 10.1. The van der Waals surface area contributed by atoms with Gasteiger partial charge in [0.1, 0.15) is 11.4 Å². The molecule has 1 rings (SSSR count). The summed E-state index contributed by atoms with van der Waals surface area (Å²) >= 11 is 3.61. The Morgan fingerprint density at radius 1 is 1.32 bits per heavy atom. The molecule has 0 fully saturated rings. The highest BCUT2D eigenvalue weighted by Crippen LogP contribution is 2.32. The Morgan fingerprint density at radius 3 is 2.42 bits per heavy atom. The van der Waals surface area contributed by atoms with E-state index in [9.17, 15) is 0 Å². The van der Waals surface area contributed by atoms with Gasteiger partial charge in [0.05, 0.1) is 10.2 Å². The number of nitrogens with zero attached hydrogens (tertiary/aromatic N) is 2. The van der Waals surface area contributed by atoms with Gasteiger partial charge in [-0.25, -0.2) is 9.97 Å². The van der Waals surface area contributed by atoms with Crippen LogP contribution in [0.3, 0.4) is 0 Å². The van der Waals surface area contributed by atoms with E-state index in [2.05, 4.69) is 52.0 Å². The molecule has 0 aromatic carbocycles. The molecular weight excluding hydrogens is 306 g/mol. The van der Waals surface area contributed by atoms with Crippen molar-refractivity contribution in [3.05, 3.63) is 16.0 Å². The Morgan fingerprint density at radius 2 is 1.95 bits per heavy atom. The molecule has 1 heterocycles. The summed E-state index contributed by atoms with van der Waals surface area (Å²) in [5, 5.41) is 3.34. The van der Waals surface area contributed by atoms with Crippen molar-refractivity contribution in [2.45, 2.75) is 52.6 Å². The van der Waals surface area contributed by atoms with E-state index >= 15 is 0 Å². The summed E-state index contributed by atoms with van der Waals surface area (Å²) in [5.74, 6) is 1.88. The van der Waals surface area contributed by atoms with E-state index in [0.717, 1.165) is 29.0 Å². The molecule has 0 saturated carbocycles. The van der Waals surface area contributed by atoms with Crippen molar-refractivity contribution >= 4 is 21.7 Å². The fourth-order valence-electron chi connectivity index (χ4n) is 1.57. The molecule has 108 valence electrons. The minimum Gasteiger partial charge on any atom is -0.371 e. The van der Waals surface area contributed by atoms with Crippen LogP contribution in [0, 0.1) is 0 Å². The first kappa shape index (κ1) is 16.4. The van der Waals surface area contributed by atoms with Crippen LogP contribution in [0.5, 0.6) is 0 Å². The highest BCUT2D eigenvalue weighted by atomic mass is 79.9. The van der Waals surface area contributed by atoms with Gasteiger partial charge in [0.2, 0.25) is 0 Å². The molecule has 1 aromatic rings. The minimum atomic E-state index is -0.493. The van der Waals surface area contributed by atoms with Crippen LogP contribution >= 0.6 is 15.9 Å². The van der Waals surface area contributed by atoms with Gasteiger partial charge in [-0.3, -0.25) is 0 Å². The van der Waals surface area contributed by atoms with Crippen LogP contribution < -0.4 is 5.32 Å². The molecule has 0 spiro atoms. The van der Waals surface area contributed by atoms with Crippen molar-refractivity contribution in [1.82, 2.24) is 9.97 Å². The molecular formula is C14H24BrN3O. The number of anilines is 1. The summed E-state index contributed by atoms with van der Waals surface area (Å²) in [6.07, 6.45) is 1.05. The van der Waals surface area contributed by atoms with Gasteiger partial charge in [0.15, 0.2) is 5.82 Å². The lowest BCUT2D eigenvalue weighted by molar-refractivity contribution is 0.0113. The smallest absolute Gasteiger partial charge is 0.162 e. The first-order valence-electron chi connectivity index (χ1n) is 6.70. The van der Waals surface area contributed by atoms with Crippen LogP contribution in [-0.2, 0) is 10.3 Å². The summed E-state index contributed by atoms with van der Waals surface area (Å²) in [6.45, 7) is 11.2. The van der Waals surface area contributed by atoms with E-state index in [-0.39, 0.29) is 0 Å². The molecule has 0 atom stereocenters. The van der Waals surface area contributed by atoms with Crippen molar-refractivity contribution in [1.29, 1.82) is 0 Å². The summed E-state index contributed by atoms with van der Waals surface area (Å²) < 4.78 is 6.44. The molecule has 1 N–H and O–H groups in total. The van der Waals surface area contributed by atoms with Gasteiger partial charge in [-0.1, -0.05) is 20.8 Å². The van der Waals surface area contributed by atoms with E-state index in [1.807, 2.05) is 13.8 Å². The number of methoxy groups -OCH3 is 1. The molecule has 19 heavy (non-hydrogen) atoms. The van der Waals surface area contributed by atoms with Crippen LogP contribution in [-0.4, -0.2) is 23.6 Å². The lowest BCUT2D eigenvalue weighted by Crippen LogP contribution is -2.25. The predicted molar refractivity (Wildman–Crippen MR) is 82.6 cm³/mol. The summed E-state index contributed by atoms with van der Waals surface area (Å²) in [4.78, 5) is 9.26. The van der Waals surface area contributed by atoms with Crippen molar-refractivity contribution < 1.29 is 4.74 Å². The number of nitrogens with one attached hydrogen (secondary N) is 1. The van der Waals surface area contributed by atoms with Gasteiger partial charge in [-0.2, -0.15) is 0 Å². The number of hydrogen-bond acceptors (Lipinski definition) is 4. The van der Waals surface area contributed by atoms with Gasteiger partial charge in [0, 0.05) is 13.7 Å². The standard InChI is InChI=1S/C14H24BrN3O/c1-7-8-16-12-10(15)11(9(2)3)17-13(18-12)14(4,5)19-6/h9H,7-8H2,1-6H3,(H,16,17,18). The number of hydrogen-bond donors (Lipinski definition) is 1. The molecule has 0 saturated heterocycles. The maximum atomic E-state index is 5.49. The molecule has 1 aromatic heterocycles. The lowest BCUT2D eigenvalue weighted by Gasteiger charge is -2.24. The zero-order valence-electron chi connectivity index (χ0n) is 12.7. The van der Waals surface area contributed by atoms with E-state index in [1.54, 1.807) is 7.11 Å². The van der Waals surface area contributed by atoms with Gasteiger partial charge in [-0.05, 0) is 42.1 Å². The highest BCUT2D eigenvalue weighted by Gasteiger charge is 2.26. The highest BCUT2D eigenvalue weighted by molar-refractivity contribution is 9.10. The minimum absolute atomic E-state index is 0.325. The fraction of sp³-hybridized carbons (Fsp3) is 0.714. The SMILES string of the molecule is CCCNc1nc(C(C)(C)OC)nc(C(C)C)c1Br. The molecule has 0 radical (unpaired) electrons. The zero-order valence-corrected chi connectivity index (χ0v) is 14.3. The van der Waals surface area contributed by atoms with Gasteiger partial charge in [-0.15, -0.1) is 0 Å². The molecule has 0 aliphatic carbocycles. The topological polar surface area (TPSA) is 47.0 Å². The summed E-state index contributed by atoms with van der Waals surface area (Å²) in [7, 11) is 1.68. The molecule has 5 heteroatoms. The Labute approximate surface area is 124 Å².